The molecule has 0 saturated carbocycles. The minimum absolute atomic E-state index is 0.221. The molecule has 2 nitrogen and oxygen atoms in total. The van der Waals surface area contributed by atoms with Crippen molar-refractivity contribution in [1.29, 1.82) is 0 Å². The fraction of sp³-hybridized carbons (Fsp3) is 1.00. The maximum Gasteiger partial charge on any atom is 0.0543 e. The summed E-state index contributed by atoms with van der Waals surface area (Å²) in [5.41, 5.74) is 0. The molecule has 0 bridgehead atoms. The van der Waals surface area contributed by atoms with Gasteiger partial charge >= 0.3 is 0 Å². The lowest BCUT2D eigenvalue weighted by Crippen LogP contribution is -2.16. The molecule has 0 heterocycles. The van der Waals surface area contributed by atoms with Crippen LogP contribution in [-0.2, 0) is 0 Å². The highest BCUT2D eigenvalue weighted by molar-refractivity contribution is 4.65. The van der Waals surface area contributed by atoms with E-state index >= 15 is 0 Å². The molecule has 2 heteroatoms. The van der Waals surface area contributed by atoms with Crippen LogP contribution in [0.1, 0.15) is 59.3 Å². The summed E-state index contributed by atoms with van der Waals surface area (Å²) in [5, 5.41) is 19.1. The predicted octanol–water partition coefficient (Wildman–Crippen LogP) is 2.72. The maximum atomic E-state index is 9.72. The summed E-state index contributed by atoms with van der Waals surface area (Å²) in [5.74, 6) is 0.642. The van der Waals surface area contributed by atoms with Gasteiger partial charge in [0.25, 0.3) is 0 Å². The predicted molar refractivity (Wildman–Crippen MR) is 60.2 cm³/mol. The van der Waals surface area contributed by atoms with Crippen LogP contribution in [0, 0.1) is 5.92 Å². The molecule has 0 aliphatic carbocycles. The van der Waals surface area contributed by atoms with Crippen molar-refractivity contribution in [2.24, 2.45) is 5.92 Å². The van der Waals surface area contributed by atoms with Gasteiger partial charge in [-0.2, -0.15) is 0 Å². The number of aliphatic hydroxyl groups excluding tert-OH is 2. The van der Waals surface area contributed by atoms with Crippen LogP contribution >= 0.6 is 0 Å². The molecule has 86 valence electrons. The topological polar surface area (TPSA) is 40.5 Å². The van der Waals surface area contributed by atoms with E-state index in [1.807, 2.05) is 6.92 Å². The zero-order valence-electron chi connectivity index (χ0n) is 9.87. The molecule has 0 amide bonds. The molecule has 0 radical (unpaired) electrons. The summed E-state index contributed by atoms with van der Waals surface area (Å²) in [6.45, 7) is 6.31. The van der Waals surface area contributed by atoms with Crippen LogP contribution in [-0.4, -0.2) is 22.4 Å². The molecule has 0 aliphatic heterocycles. The van der Waals surface area contributed by atoms with Crippen LogP contribution in [0.2, 0.25) is 0 Å². The molecule has 0 spiro atoms. The highest BCUT2D eigenvalue weighted by Gasteiger charge is 2.12. The fourth-order valence-electron chi connectivity index (χ4n) is 1.71. The van der Waals surface area contributed by atoms with E-state index < -0.39 is 0 Å². The standard InChI is InChI=1S/C12H26O2/c1-4-10(5-2)9-12(14)8-7-11(13)6-3/h10-14H,4-9H2,1-3H3. The zero-order valence-corrected chi connectivity index (χ0v) is 9.87. The lowest BCUT2D eigenvalue weighted by molar-refractivity contribution is 0.0945. The first-order valence-corrected chi connectivity index (χ1v) is 6.00. The van der Waals surface area contributed by atoms with Crippen LogP contribution < -0.4 is 0 Å². The van der Waals surface area contributed by atoms with Gasteiger partial charge in [-0.15, -0.1) is 0 Å². The Morgan fingerprint density at radius 1 is 0.786 bits per heavy atom. The summed E-state index contributed by atoms with van der Waals surface area (Å²) in [6, 6.07) is 0. The van der Waals surface area contributed by atoms with Crippen molar-refractivity contribution in [3.63, 3.8) is 0 Å². The molecule has 0 rings (SSSR count). The van der Waals surface area contributed by atoms with Crippen LogP contribution in [0.15, 0.2) is 0 Å². The van der Waals surface area contributed by atoms with Gasteiger partial charge in [-0.05, 0) is 31.6 Å². The number of hydrogen-bond donors (Lipinski definition) is 2. The molecular weight excluding hydrogens is 176 g/mol. The van der Waals surface area contributed by atoms with Crippen molar-refractivity contribution in [1.82, 2.24) is 0 Å². The van der Waals surface area contributed by atoms with E-state index in [-0.39, 0.29) is 12.2 Å². The largest absolute Gasteiger partial charge is 0.393 e. The third-order valence-corrected chi connectivity index (χ3v) is 3.06. The monoisotopic (exact) mass is 202 g/mol. The smallest absolute Gasteiger partial charge is 0.0543 e. The summed E-state index contributed by atoms with van der Waals surface area (Å²) in [6.07, 6.45) is 4.99. The van der Waals surface area contributed by atoms with E-state index in [2.05, 4.69) is 13.8 Å². The van der Waals surface area contributed by atoms with Gasteiger partial charge in [0, 0.05) is 0 Å². The quantitative estimate of drug-likeness (QED) is 0.635. The normalized spacial score (nSPS) is 15.9. The summed E-state index contributed by atoms with van der Waals surface area (Å²) < 4.78 is 0. The van der Waals surface area contributed by atoms with Gasteiger partial charge in [-0.3, -0.25) is 0 Å². The third-order valence-electron chi connectivity index (χ3n) is 3.06. The van der Waals surface area contributed by atoms with Crippen LogP contribution in [0.25, 0.3) is 0 Å². The van der Waals surface area contributed by atoms with Crippen molar-refractivity contribution >= 4 is 0 Å². The maximum absolute atomic E-state index is 9.72. The molecule has 0 aromatic heterocycles. The summed E-state index contributed by atoms with van der Waals surface area (Å²) in [4.78, 5) is 0. The molecule has 2 unspecified atom stereocenters. The molecule has 0 fully saturated rings. The minimum Gasteiger partial charge on any atom is -0.393 e. The Labute approximate surface area is 88.3 Å². The zero-order chi connectivity index (χ0) is 11.0. The highest BCUT2D eigenvalue weighted by atomic mass is 16.3. The van der Waals surface area contributed by atoms with Gasteiger partial charge in [0.05, 0.1) is 12.2 Å². The van der Waals surface area contributed by atoms with Crippen LogP contribution in [0.4, 0.5) is 0 Å². The lowest BCUT2D eigenvalue weighted by Gasteiger charge is -2.18. The highest BCUT2D eigenvalue weighted by Crippen LogP contribution is 2.18. The average Bonchev–Trinajstić information content (AvgIpc) is 2.22. The molecule has 0 aromatic carbocycles. The van der Waals surface area contributed by atoms with E-state index in [1.165, 1.54) is 0 Å². The van der Waals surface area contributed by atoms with Gasteiger partial charge in [0.1, 0.15) is 0 Å². The van der Waals surface area contributed by atoms with Crippen molar-refractivity contribution in [2.75, 3.05) is 0 Å². The Kier molecular flexibility index (Phi) is 8.20. The molecule has 2 atom stereocenters. The fourth-order valence-corrected chi connectivity index (χ4v) is 1.71. The van der Waals surface area contributed by atoms with Gasteiger partial charge in [0.15, 0.2) is 0 Å². The Hall–Kier alpha value is -0.0800. The SMILES string of the molecule is CCC(O)CCC(O)CC(CC)CC. The van der Waals surface area contributed by atoms with Crippen molar-refractivity contribution in [3.05, 3.63) is 0 Å². The van der Waals surface area contributed by atoms with Crippen molar-refractivity contribution in [2.45, 2.75) is 71.5 Å². The molecule has 0 aliphatic rings. The van der Waals surface area contributed by atoms with Crippen molar-refractivity contribution < 1.29 is 10.2 Å². The first kappa shape index (κ1) is 13.9. The molecule has 14 heavy (non-hydrogen) atoms. The second kappa shape index (κ2) is 8.25. The van der Waals surface area contributed by atoms with E-state index in [4.69, 9.17) is 0 Å². The van der Waals surface area contributed by atoms with Crippen molar-refractivity contribution in [3.8, 4) is 0 Å². The summed E-state index contributed by atoms with van der Waals surface area (Å²) in [7, 11) is 0. The number of aliphatic hydroxyl groups is 2. The minimum atomic E-state index is -0.230. The molecule has 0 aromatic rings. The average molecular weight is 202 g/mol. The Bertz CT molecular complexity index is 121. The van der Waals surface area contributed by atoms with E-state index in [1.54, 1.807) is 0 Å². The lowest BCUT2D eigenvalue weighted by atomic mass is 9.93. The van der Waals surface area contributed by atoms with Gasteiger partial charge < -0.3 is 10.2 Å². The number of rotatable bonds is 8. The van der Waals surface area contributed by atoms with E-state index in [0.29, 0.717) is 5.92 Å². The molecule has 2 N–H and O–H groups in total. The van der Waals surface area contributed by atoms with E-state index in [9.17, 15) is 10.2 Å². The number of hydrogen-bond acceptors (Lipinski definition) is 2. The Morgan fingerprint density at radius 3 is 1.71 bits per heavy atom. The summed E-state index contributed by atoms with van der Waals surface area (Å²) >= 11 is 0. The first-order valence-electron chi connectivity index (χ1n) is 6.00. The molecule has 0 saturated heterocycles. The third kappa shape index (κ3) is 6.39. The second-order valence-electron chi connectivity index (χ2n) is 4.21. The van der Waals surface area contributed by atoms with Gasteiger partial charge in [-0.1, -0.05) is 33.6 Å². The Morgan fingerprint density at radius 2 is 1.29 bits per heavy atom. The first-order chi connectivity index (χ1) is 6.63. The van der Waals surface area contributed by atoms with E-state index in [0.717, 1.165) is 38.5 Å². The Balaban J connectivity index is 3.58. The molecular formula is C12H26O2. The van der Waals surface area contributed by atoms with Gasteiger partial charge in [0.2, 0.25) is 0 Å². The second-order valence-corrected chi connectivity index (χ2v) is 4.21. The van der Waals surface area contributed by atoms with Crippen LogP contribution in [0.3, 0.4) is 0 Å². The van der Waals surface area contributed by atoms with Crippen LogP contribution in [0.5, 0.6) is 0 Å². The van der Waals surface area contributed by atoms with Gasteiger partial charge in [-0.25, -0.2) is 0 Å².